The summed E-state index contributed by atoms with van der Waals surface area (Å²) >= 11 is 1.52. The van der Waals surface area contributed by atoms with Gasteiger partial charge in [-0.3, -0.25) is 13.6 Å². The summed E-state index contributed by atoms with van der Waals surface area (Å²) in [4.78, 5) is 30.3. The average molecular weight is 570 g/mol. The zero-order valence-corrected chi connectivity index (χ0v) is 23.4. The number of hydrogen-bond donors (Lipinski definition) is 0. The second kappa shape index (κ2) is 13.0. The van der Waals surface area contributed by atoms with Crippen molar-refractivity contribution < 1.29 is 37.1 Å². The van der Waals surface area contributed by atoms with Gasteiger partial charge in [-0.2, -0.15) is 0 Å². The van der Waals surface area contributed by atoms with Crippen LogP contribution < -0.4 is 5.30 Å². The number of rotatable bonds is 12. The molecular formula is C28H28NO8PS. The van der Waals surface area contributed by atoms with E-state index in [1.165, 1.54) is 23.7 Å². The number of aromatic nitrogens is 1. The Kier molecular flexibility index (Phi) is 9.48. The van der Waals surface area contributed by atoms with Gasteiger partial charge in [0.2, 0.25) is 13.6 Å². The SMILES string of the molecule is Cc1nc(-c2occc2P(=O)(OCOC(=O)c2ccccc2)OCOC(=O)c2ccccc2)c(CC(C)C)s1. The Morgan fingerprint density at radius 3 is 1.95 bits per heavy atom. The fourth-order valence-corrected chi connectivity index (χ4v) is 6.17. The van der Waals surface area contributed by atoms with Gasteiger partial charge >= 0.3 is 19.5 Å². The summed E-state index contributed by atoms with van der Waals surface area (Å²) in [6, 6.07) is 18.1. The summed E-state index contributed by atoms with van der Waals surface area (Å²) in [5, 5.41) is 0.887. The summed E-state index contributed by atoms with van der Waals surface area (Å²) in [6.07, 6.45) is 2.08. The number of carbonyl (C=O) groups excluding carboxylic acids is 2. The molecule has 0 amide bonds. The number of thiazole rings is 1. The Balaban J connectivity index is 1.57. The topological polar surface area (TPSA) is 114 Å². The molecule has 0 aliphatic carbocycles. The third-order valence-electron chi connectivity index (χ3n) is 5.40. The molecule has 2 aromatic heterocycles. The molecule has 9 nitrogen and oxygen atoms in total. The van der Waals surface area contributed by atoms with E-state index < -0.39 is 33.1 Å². The standard InChI is InChI=1S/C28H28NO8PS/c1-19(2)16-24-25(29-20(3)39-24)26-23(14-15-33-26)38(32,36-17-34-27(30)21-10-6-4-7-11-21)37-18-35-28(31)22-12-8-5-9-13-22/h4-15,19H,16-18H2,1-3H3. The van der Waals surface area contributed by atoms with Gasteiger partial charge in [0.25, 0.3) is 0 Å². The van der Waals surface area contributed by atoms with Crippen molar-refractivity contribution in [3.63, 3.8) is 0 Å². The van der Waals surface area contributed by atoms with Crippen LogP contribution in [0.5, 0.6) is 0 Å². The lowest BCUT2D eigenvalue weighted by atomic mass is 10.1. The molecule has 0 aliphatic heterocycles. The van der Waals surface area contributed by atoms with Crippen molar-refractivity contribution in [2.45, 2.75) is 27.2 Å². The molecule has 204 valence electrons. The van der Waals surface area contributed by atoms with Crippen molar-refractivity contribution >= 4 is 36.2 Å². The first kappa shape index (κ1) is 28.4. The van der Waals surface area contributed by atoms with E-state index >= 15 is 0 Å². The monoisotopic (exact) mass is 569 g/mol. The highest BCUT2D eigenvalue weighted by molar-refractivity contribution is 7.62. The van der Waals surface area contributed by atoms with Crippen LogP contribution in [0.15, 0.2) is 77.4 Å². The van der Waals surface area contributed by atoms with E-state index in [1.54, 1.807) is 60.7 Å². The van der Waals surface area contributed by atoms with Crippen LogP contribution >= 0.6 is 18.9 Å². The summed E-state index contributed by atoms with van der Waals surface area (Å²) in [6.45, 7) is 4.68. The van der Waals surface area contributed by atoms with E-state index in [-0.39, 0.29) is 11.1 Å². The number of benzene rings is 2. The van der Waals surface area contributed by atoms with Gasteiger partial charge in [0.05, 0.1) is 22.4 Å². The van der Waals surface area contributed by atoms with Gasteiger partial charge in [-0.05, 0) is 49.6 Å². The summed E-state index contributed by atoms with van der Waals surface area (Å²) in [5.74, 6) is -0.781. The van der Waals surface area contributed by atoms with Crippen LogP contribution in [0.1, 0.15) is 44.4 Å². The van der Waals surface area contributed by atoms with Crippen molar-refractivity contribution in [2.24, 2.45) is 5.92 Å². The minimum absolute atomic E-state index is 0.0735. The van der Waals surface area contributed by atoms with Crippen LogP contribution in [-0.4, -0.2) is 30.5 Å². The fourth-order valence-electron chi connectivity index (χ4n) is 3.64. The van der Waals surface area contributed by atoms with Gasteiger partial charge in [0.15, 0.2) is 5.76 Å². The summed E-state index contributed by atoms with van der Waals surface area (Å²) in [5.41, 5.74) is 1.13. The Bertz CT molecular complexity index is 1390. The minimum Gasteiger partial charge on any atom is -0.462 e. The molecule has 0 saturated carbocycles. The maximum Gasteiger partial charge on any atom is 0.371 e. The van der Waals surface area contributed by atoms with Crippen molar-refractivity contribution in [3.8, 4) is 11.5 Å². The average Bonchev–Trinajstić information content (AvgIpc) is 3.56. The van der Waals surface area contributed by atoms with E-state index in [9.17, 15) is 14.2 Å². The second-order valence-electron chi connectivity index (χ2n) is 8.82. The smallest absolute Gasteiger partial charge is 0.371 e. The molecule has 0 N–H and O–H groups in total. The van der Waals surface area contributed by atoms with Gasteiger partial charge in [-0.1, -0.05) is 50.2 Å². The Morgan fingerprint density at radius 2 is 1.44 bits per heavy atom. The van der Waals surface area contributed by atoms with Gasteiger partial charge < -0.3 is 13.9 Å². The molecule has 4 aromatic rings. The molecule has 4 rings (SSSR count). The Hall–Kier alpha value is -3.56. The number of carbonyl (C=O) groups is 2. The highest BCUT2D eigenvalue weighted by atomic mass is 32.1. The van der Waals surface area contributed by atoms with Crippen molar-refractivity contribution in [1.82, 2.24) is 4.98 Å². The fraction of sp³-hybridized carbons (Fsp3) is 0.250. The van der Waals surface area contributed by atoms with E-state index in [0.29, 0.717) is 22.7 Å². The molecule has 0 saturated heterocycles. The van der Waals surface area contributed by atoms with Gasteiger partial charge in [0.1, 0.15) is 11.0 Å². The number of esters is 2. The lowest BCUT2D eigenvalue weighted by Crippen LogP contribution is -2.17. The number of aryl methyl sites for hydroxylation is 1. The van der Waals surface area contributed by atoms with E-state index in [1.807, 2.05) is 6.92 Å². The van der Waals surface area contributed by atoms with E-state index in [2.05, 4.69) is 18.8 Å². The zero-order valence-electron chi connectivity index (χ0n) is 21.7. The first-order chi connectivity index (χ1) is 18.8. The lowest BCUT2D eigenvalue weighted by Gasteiger charge is -2.18. The third-order valence-corrected chi connectivity index (χ3v) is 8.22. The lowest BCUT2D eigenvalue weighted by molar-refractivity contribution is -0.00555. The first-order valence-corrected chi connectivity index (χ1v) is 14.5. The predicted molar refractivity (Wildman–Crippen MR) is 146 cm³/mol. The molecule has 0 aliphatic rings. The molecule has 2 heterocycles. The number of furan rings is 1. The van der Waals surface area contributed by atoms with Crippen LogP contribution in [0, 0.1) is 12.8 Å². The second-order valence-corrected chi connectivity index (χ2v) is 12.1. The zero-order chi connectivity index (χ0) is 27.8. The molecule has 2 aromatic carbocycles. The molecular weight excluding hydrogens is 541 g/mol. The molecule has 0 spiro atoms. The van der Waals surface area contributed by atoms with Gasteiger partial charge in [-0.15, -0.1) is 11.3 Å². The molecule has 0 radical (unpaired) electrons. The Labute approximate surface area is 230 Å². The maximum atomic E-state index is 14.1. The summed E-state index contributed by atoms with van der Waals surface area (Å²) < 4.78 is 41.3. The highest BCUT2D eigenvalue weighted by Gasteiger charge is 2.36. The van der Waals surface area contributed by atoms with E-state index in [4.69, 9.17) is 22.9 Å². The van der Waals surface area contributed by atoms with Crippen LogP contribution in [0.3, 0.4) is 0 Å². The Morgan fingerprint density at radius 1 is 0.897 bits per heavy atom. The van der Waals surface area contributed by atoms with Crippen LogP contribution in [0.2, 0.25) is 0 Å². The molecule has 0 bridgehead atoms. The number of ether oxygens (including phenoxy) is 2. The minimum atomic E-state index is -4.25. The maximum absolute atomic E-state index is 14.1. The molecule has 39 heavy (non-hydrogen) atoms. The normalized spacial score (nSPS) is 11.5. The number of nitrogens with zero attached hydrogens (tertiary/aromatic N) is 1. The van der Waals surface area contributed by atoms with E-state index in [0.717, 1.165) is 16.3 Å². The predicted octanol–water partition coefficient (Wildman–Crippen LogP) is 6.39. The van der Waals surface area contributed by atoms with Crippen LogP contribution in [0.25, 0.3) is 11.5 Å². The quantitative estimate of drug-likeness (QED) is 0.109. The largest absolute Gasteiger partial charge is 0.462 e. The molecule has 11 heteroatoms. The molecule has 0 fully saturated rings. The first-order valence-electron chi connectivity index (χ1n) is 12.1. The number of hydrogen-bond acceptors (Lipinski definition) is 10. The summed E-state index contributed by atoms with van der Waals surface area (Å²) in [7, 11) is -4.25. The van der Waals surface area contributed by atoms with Crippen LogP contribution in [0.4, 0.5) is 0 Å². The van der Waals surface area contributed by atoms with Gasteiger partial charge in [0, 0.05) is 4.88 Å². The highest BCUT2D eigenvalue weighted by Crippen LogP contribution is 2.50. The van der Waals surface area contributed by atoms with Crippen molar-refractivity contribution in [3.05, 3.63) is 94.0 Å². The van der Waals surface area contributed by atoms with Crippen molar-refractivity contribution in [1.29, 1.82) is 0 Å². The molecule has 0 atom stereocenters. The van der Waals surface area contributed by atoms with Gasteiger partial charge in [-0.25, -0.2) is 14.6 Å². The molecule has 0 unspecified atom stereocenters. The third kappa shape index (κ3) is 7.30. The van der Waals surface area contributed by atoms with Crippen LogP contribution in [-0.2, 0) is 29.5 Å². The van der Waals surface area contributed by atoms with Crippen molar-refractivity contribution in [2.75, 3.05) is 13.6 Å².